The van der Waals surface area contributed by atoms with E-state index in [-0.39, 0.29) is 11.8 Å². The summed E-state index contributed by atoms with van der Waals surface area (Å²) >= 11 is 0. The summed E-state index contributed by atoms with van der Waals surface area (Å²) in [6.45, 7) is 10.3. The fraction of sp³-hybridized carbons (Fsp3) is 0.929. The molecule has 0 aliphatic heterocycles. The smallest absolute Gasteiger partial charge is 0.303 e. The standard InChI is InChI=1S/C42H75NO4/c1-5-6-7-8-9-10-11-12-13-14-15-16-17-18-19-20-29-43-42(47)30-33-22-23-34-36-25-24-35(32(2)21-26-39(45)46)40(36,3)28-27-37(34)41(33,4)31-38(42)44/h12-13,32-38,43-44,47H,5-11,14-31H2,1-4H3,(H,45,46)/b13-12-/t32-,33-,34+,35-,36+,37+,38?,40-,41+,42+/m1/s1. The van der Waals surface area contributed by atoms with Crippen molar-refractivity contribution in [3.8, 4) is 0 Å². The van der Waals surface area contributed by atoms with Gasteiger partial charge in [0.05, 0.1) is 6.10 Å². The number of carboxylic acid groups (broad SMARTS) is 1. The molecule has 4 fully saturated rings. The molecular weight excluding hydrogens is 582 g/mol. The number of hydrogen-bond donors (Lipinski definition) is 4. The predicted octanol–water partition coefficient (Wildman–Crippen LogP) is 10.4. The van der Waals surface area contributed by atoms with Crippen molar-refractivity contribution in [3.05, 3.63) is 12.2 Å². The molecule has 5 heteroatoms. The zero-order valence-electron chi connectivity index (χ0n) is 31.1. The third-order valence-electron chi connectivity index (χ3n) is 14.5. The lowest BCUT2D eigenvalue weighted by atomic mass is 9.43. The van der Waals surface area contributed by atoms with Gasteiger partial charge in [-0.2, -0.15) is 0 Å². The molecule has 0 amide bonds. The molecule has 0 heterocycles. The van der Waals surface area contributed by atoms with Gasteiger partial charge in [-0.3, -0.25) is 10.1 Å². The van der Waals surface area contributed by atoms with Gasteiger partial charge >= 0.3 is 5.97 Å². The summed E-state index contributed by atoms with van der Waals surface area (Å²) in [5.41, 5.74) is -0.740. The van der Waals surface area contributed by atoms with Gasteiger partial charge in [-0.1, -0.05) is 97.6 Å². The third kappa shape index (κ3) is 9.87. The van der Waals surface area contributed by atoms with Crippen LogP contribution in [0.1, 0.15) is 182 Å². The summed E-state index contributed by atoms with van der Waals surface area (Å²) in [5.74, 6) is 2.95. The van der Waals surface area contributed by atoms with Crippen molar-refractivity contribution in [2.75, 3.05) is 6.54 Å². The second kappa shape index (κ2) is 18.4. The molecular formula is C42H75NO4. The van der Waals surface area contributed by atoms with E-state index in [2.05, 4.69) is 45.2 Å². The highest BCUT2D eigenvalue weighted by molar-refractivity contribution is 5.66. The van der Waals surface area contributed by atoms with Crippen molar-refractivity contribution < 1.29 is 20.1 Å². The maximum Gasteiger partial charge on any atom is 0.303 e. The van der Waals surface area contributed by atoms with E-state index in [4.69, 9.17) is 0 Å². The van der Waals surface area contributed by atoms with Crippen molar-refractivity contribution >= 4 is 5.97 Å². The van der Waals surface area contributed by atoms with Gasteiger partial charge in [0, 0.05) is 6.42 Å². The highest BCUT2D eigenvalue weighted by atomic mass is 16.4. The second-order valence-corrected chi connectivity index (χ2v) is 17.5. The molecule has 4 N–H and O–H groups in total. The Morgan fingerprint density at radius 3 is 2.09 bits per heavy atom. The summed E-state index contributed by atoms with van der Waals surface area (Å²) < 4.78 is 0. The molecule has 4 saturated carbocycles. The minimum absolute atomic E-state index is 0.0913. The van der Waals surface area contributed by atoms with Gasteiger partial charge in [0.1, 0.15) is 5.72 Å². The first kappa shape index (κ1) is 38.9. The number of carbonyl (C=O) groups is 1. The summed E-state index contributed by atoms with van der Waals surface area (Å²) in [6.07, 6.45) is 32.1. The first-order valence-corrected chi connectivity index (χ1v) is 20.6. The number of aliphatic carboxylic acids is 1. The topological polar surface area (TPSA) is 89.8 Å². The monoisotopic (exact) mass is 658 g/mol. The maximum absolute atomic E-state index is 11.7. The third-order valence-corrected chi connectivity index (χ3v) is 14.5. The van der Waals surface area contributed by atoms with Crippen LogP contribution in [0.25, 0.3) is 0 Å². The van der Waals surface area contributed by atoms with Gasteiger partial charge in [0.15, 0.2) is 0 Å². The van der Waals surface area contributed by atoms with Crippen LogP contribution in [0.2, 0.25) is 0 Å². The van der Waals surface area contributed by atoms with Crippen molar-refractivity contribution in [1.82, 2.24) is 5.32 Å². The Morgan fingerprint density at radius 2 is 1.43 bits per heavy atom. The van der Waals surface area contributed by atoms with Crippen LogP contribution in [-0.2, 0) is 4.79 Å². The molecule has 0 aromatic heterocycles. The molecule has 272 valence electrons. The normalized spacial score (nSPS) is 37.4. The van der Waals surface area contributed by atoms with E-state index >= 15 is 0 Å². The van der Waals surface area contributed by atoms with E-state index in [1.54, 1.807) is 0 Å². The van der Waals surface area contributed by atoms with E-state index in [1.165, 1.54) is 116 Å². The minimum Gasteiger partial charge on any atom is -0.481 e. The first-order chi connectivity index (χ1) is 22.5. The fourth-order valence-corrected chi connectivity index (χ4v) is 11.7. The van der Waals surface area contributed by atoms with Crippen LogP contribution < -0.4 is 5.32 Å². The predicted molar refractivity (Wildman–Crippen MR) is 195 cm³/mol. The van der Waals surface area contributed by atoms with Crippen molar-refractivity contribution in [3.63, 3.8) is 0 Å². The molecule has 47 heavy (non-hydrogen) atoms. The Kier molecular flexibility index (Phi) is 15.2. The number of rotatable bonds is 21. The van der Waals surface area contributed by atoms with Crippen molar-refractivity contribution in [1.29, 1.82) is 0 Å². The number of aliphatic hydroxyl groups excluding tert-OH is 1. The molecule has 0 bridgehead atoms. The zero-order chi connectivity index (χ0) is 33.9. The Balaban J connectivity index is 1.13. The zero-order valence-corrected chi connectivity index (χ0v) is 31.1. The van der Waals surface area contributed by atoms with Crippen LogP contribution in [0.15, 0.2) is 12.2 Å². The second-order valence-electron chi connectivity index (χ2n) is 17.5. The average molecular weight is 658 g/mol. The molecule has 4 aliphatic rings. The largest absolute Gasteiger partial charge is 0.481 e. The maximum atomic E-state index is 11.7. The minimum atomic E-state index is -1.15. The van der Waals surface area contributed by atoms with Crippen LogP contribution in [0.5, 0.6) is 0 Å². The van der Waals surface area contributed by atoms with Gasteiger partial charge in [-0.05, 0) is 143 Å². The van der Waals surface area contributed by atoms with Crippen LogP contribution in [-0.4, -0.2) is 39.7 Å². The Labute approximate surface area is 289 Å². The number of aliphatic hydroxyl groups is 2. The number of nitrogens with one attached hydrogen (secondary N) is 1. The molecule has 0 radical (unpaired) electrons. The molecule has 0 aromatic carbocycles. The van der Waals surface area contributed by atoms with E-state index in [1.807, 2.05) is 0 Å². The average Bonchev–Trinajstić information content (AvgIpc) is 3.39. The molecule has 1 unspecified atom stereocenters. The summed E-state index contributed by atoms with van der Waals surface area (Å²) in [7, 11) is 0. The lowest BCUT2D eigenvalue weighted by Crippen LogP contribution is -2.65. The number of unbranched alkanes of at least 4 members (excludes halogenated alkanes) is 12. The van der Waals surface area contributed by atoms with E-state index in [0.717, 1.165) is 31.7 Å². The highest BCUT2D eigenvalue weighted by Gasteiger charge is 2.63. The van der Waals surface area contributed by atoms with Crippen LogP contribution in [0.3, 0.4) is 0 Å². The summed E-state index contributed by atoms with van der Waals surface area (Å²) in [6, 6.07) is 0. The van der Waals surface area contributed by atoms with Crippen LogP contribution in [0.4, 0.5) is 0 Å². The molecule has 5 nitrogen and oxygen atoms in total. The van der Waals surface area contributed by atoms with Gasteiger partial charge in [-0.25, -0.2) is 0 Å². The first-order valence-electron chi connectivity index (χ1n) is 20.6. The molecule has 4 rings (SSSR count). The van der Waals surface area contributed by atoms with Gasteiger partial charge in [0.2, 0.25) is 0 Å². The number of allylic oxidation sites excluding steroid dienone is 2. The summed E-state index contributed by atoms with van der Waals surface area (Å²) in [5, 5.41) is 35.9. The van der Waals surface area contributed by atoms with Gasteiger partial charge in [-0.15, -0.1) is 0 Å². The Morgan fingerprint density at radius 1 is 0.809 bits per heavy atom. The molecule has 4 aliphatic carbocycles. The van der Waals surface area contributed by atoms with Crippen LogP contribution >= 0.6 is 0 Å². The Hall–Kier alpha value is -0.910. The van der Waals surface area contributed by atoms with Gasteiger partial charge < -0.3 is 15.3 Å². The Bertz CT molecular complexity index is 968. The van der Waals surface area contributed by atoms with Crippen molar-refractivity contribution in [2.45, 2.75) is 194 Å². The van der Waals surface area contributed by atoms with E-state index < -0.39 is 17.8 Å². The van der Waals surface area contributed by atoms with Crippen molar-refractivity contribution in [2.24, 2.45) is 46.3 Å². The lowest BCUT2D eigenvalue weighted by molar-refractivity contribution is -0.208. The number of carboxylic acids is 1. The summed E-state index contributed by atoms with van der Waals surface area (Å²) in [4.78, 5) is 11.3. The molecule has 10 atom stereocenters. The molecule has 0 saturated heterocycles. The number of hydrogen-bond acceptors (Lipinski definition) is 4. The quantitative estimate of drug-likeness (QED) is 0.0560. The SMILES string of the molecule is CCCCCCCC/C=C\CCCCCCCCN[C@]1(O)C[C@H]2CC[C@@H]3[C@H](CC[C@]4(C)[C@@H]([C@H](C)CCC(=O)O)CC[C@@H]34)[C@@]2(C)CC1O. The van der Waals surface area contributed by atoms with E-state index in [0.29, 0.717) is 47.8 Å². The molecule has 0 spiro atoms. The lowest BCUT2D eigenvalue weighted by Gasteiger charge is -2.63. The van der Waals surface area contributed by atoms with E-state index in [9.17, 15) is 20.1 Å². The fourth-order valence-electron chi connectivity index (χ4n) is 11.7. The highest BCUT2D eigenvalue weighted by Crippen LogP contribution is 2.68. The van der Waals surface area contributed by atoms with Gasteiger partial charge in [0.25, 0.3) is 0 Å². The number of fused-ring (bicyclic) bond motifs is 5. The van der Waals surface area contributed by atoms with Crippen LogP contribution in [0, 0.1) is 46.3 Å². The molecule has 0 aromatic rings.